The minimum Gasteiger partial charge on any atom is -0.258 e. The van der Waals surface area contributed by atoms with Crippen LogP contribution >= 0.6 is 0 Å². The van der Waals surface area contributed by atoms with E-state index in [1.165, 1.54) is 16.4 Å². The first kappa shape index (κ1) is 13.8. The van der Waals surface area contributed by atoms with Gasteiger partial charge in [0.15, 0.2) is 0 Å². The number of non-ortho nitro benzene ring substituents is 1. The van der Waals surface area contributed by atoms with Crippen molar-refractivity contribution in [2.24, 2.45) is 0 Å². The van der Waals surface area contributed by atoms with Gasteiger partial charge in [0, 0.05) is 25.2 Å². The first-order valence-electron chi connectivity index (χ1n) is 6.00. The molecule has 0 spiro atoms. The Morgan fingerprint density at radius 1 is 1.47 bits per heavy atom. The van der Waals surface area contributed by atoms with Gasteiger partial charge in [-0.15, -0.1) is 0 Å². The first-order valence-corrected chi connectivity index (χ1v) is 7.44. The van der Waals surface area contributed by atoms with Gasteiger partial charge in [-0.1, -0.05) is 13.0 Å². The van der Waals surface area contributed by atoms with E-state index in [0.717, 1.165) is 5.56 Å². The van der Waals surface area contributed by atoms with Crippen molar-refractivity contribution in [2.75, 3.05) is 17.4 Å². The summed E-state index contributed by atoms with van der Waals surface area (Å²) in [4.78, 5) is 10.2. The van der Waals surface area contributed by atoms with Crippen molar-refractivity contribution in [3.8, 4) is 0 Å². The van der Waals surface area contributed by atoms with Gasteiger partial charge in [-0.05, 0) is 18.4 Å². The lowest BCUT2D eigenvalue weighted by Crippen LogP contribution is -2.40. The summed E-state index contributed by atoms with van der Waals surface area (Å²) in [5.41, 5.74) is 1.11. The van der Waals surface area contributed by atoms with E-state index >= 15 is 0 Å². The third kappa shape index (κ3) is 2.69. The van der Waals surface area contributed by atoms with Gasteiger partial charge in [0.1, 0.15) is 0 Å². The second-order valence-corrected chi connectivity index (χ2v) is 5.97. The van der Waals surface area contributed by atoms with Crippen LogP contribution in [0.25, 0.3) is 0 Å². The molecule has 0 saturated heterocycles. The Bertz CT molecular complexity index is 600. The summed E-state index contributed by atoms with van der Waals surface area (Å²) in [7, 11) is -3.62. The fraction of sp³-hybridized carbons (Fsp3) is 0.455. The lowest BCUT2D eigenvalue weighted by atomic mass is 10.1. The summed E-state index contributed by atoms with van der Waals surface area (Å²) in [5.74, 6) is 0. The summed E-state index contributed by atoms with van der Waals surface area (Å²) in [5, 5.41) is 10.8. The lowest BCUT2D eigenvalue weighted by molar-refractivity contribution is -0.384. The van der Waals surface area contributed by atoms with Gasteiger partial charge >= 0.3 is 10.2 Å². The number of hydrogen-bond acceptors (Lipinski definition) is 4. The third-order valence-corrected chi connectivity index (χ3v) is 4.49. The van der Waals surface area contributed by atoms with Gasteiger partial charge in [-0.3, -0.25) is 14.4 Å². The molecule has 0 bridgehead atoms. The number of rotatable bonds is 5. The number of nitrogens with one attached hydrogen (secondary N) is 1. The van der Waals surface area contributed by atoms with Crippen molar-refractivity contribution in [3.05, 3.63) is 33.9 Å². The Morgan fingerprint density at radius 2 is 2.21 bits per heavy atom. The Labute approximate surface area is 111 Å². The molecule has 2 rings (SSSR count). The van der Waals surface area contributed by atoms with E-state index in [0.29, 0.717) is 31.6 Å². The summed E-state index contributed by atoms with van der Waals surface area (Å²) in [6.07, 6.45) is 1.26. The second-order valence-electron chi connectivity index (χ2n) is 4.29. The zero-order valence-corrected chi connectivity index (χ0v) is 11.3. The van der Waals surface area contributed by atoms with Crippen LogP contribution in [0.5, 0.6) is 0 Å². The predicted octanol–water partition coefficient (Wildman–Crippen LogP) is 1.20. The van der Waals surface area contributed by atoms with E-state index < -0.39 is 15.1 Å². The molecule has 1 aromatic carbocycles. The van der Waals surface area contributed by atoms with E-state index in [4.69, 9.17) is 0 Å². The maximum absolute atomic E-state index is 12.1. The van der Waals surface area contributed by atoms with Crippen molar-refractivity contribution in [2.45, 2.75) is 19.8 Å². The topological polar surface area (TPSA) is 92.6 Å². The van der Waals surface area contributed by atoms with Crippen LogP contribution in [0.1, 0.15) is 18.9 Å². The average Bonchev–Trinajstić information content (AvgIpc) is 2.79. The number of fused-ring (bicyclic) bond motifs is 1. The molecule has 0 amide bonds. The molecule has 1 aromatic rings. The molecule has 0 atom stereocenters. The van der Waals surface area contributed by atoms with Gasteiger partial charge in [0.2, 0.25) is 0 Å². The summed E-state index contributed by atoms with van der Waals surface area (Å²) in [6.45, 7) is 2.53. The highest BCUT2D eigenvalue weighted by atomic mass is 32.2. The molecule has 104 valence electrons. The highest BCUT2D eigenvalue weighted by Crippen LogP contribution is 2.33. The molecular weight excluding hydrogens is 270 g/mol. The predicted molar refractivity (Wildman–Crippen MR) is 71.4 cm³/mol. The molecule has 0 aromatic heterocycles. The van der Waals surface area contributed by atoms with Crippen LogP contribution in [-0.2, 0) is 16.6 Å². The van der Waals surface area contributed by atoms with Gasteiger partial charge in [-0.2, -0.15) is 13.1 Å². The number of nitrogens with zero attached hydrogens (tertiary/aromatic N) is 2. The molecule has 19 heavy (non-hydrogen) atoms. The standard InChI is InChI=1S/C11H15N3O4S/c1-2-6-12-19(17,18)13-7-5-9-3-4-10(14(15)16)8-11(9)13/h3-4,8,12H,2,5-7H2,1H3. The molecule has 7 nitrogen and oxygen atoms in total. The van der Waals surface area contributed by atoms with Crippen LogP contribution in [0.15, 0.2) is 18.2 Å². The summed E-state index contributed by atoms with van der Waals surface area (Å²) in [6, 6.07) is 4.32. The Morgan fingerprint density at radius 3 is 2.84 bits per heavy atom. The van der Waals surface area contributed by atoms with E-state index in [9.17, 15) is 18.5 Å². The highest BCUT2D eigenvalue weighted by molar-refractivity contribution is 7.90. The SMILES string of the molecule is CCCNS(=O)(=O)N1CCc2ccc([N+](=O)[O-])cc21. The van der Waals surface area contributed by atoms with Crippen molar-refractivity contribution in [3.63, 3.8) is 0 Å². The zero-order valence-electron chi connectivity index (χ0n) is 10.5. The van der Waals surface area contributed by atoms with Crippen LogP contribution in [0.2, 0.25) is 0 Å². The molecule has 0 unspecified atom stereocenters. The van der Waals surface area contributed by atoms with Crippen molar-refractivity contribution < 1.29 is 13.3 Å². The first-order chi connectivity index (χ1) is 8.95. The highest BCUT2D eigenvalue weighted by Gasteiger charge is 2.30. The van der Waals surface area contributed by atoms with Crippen molar-refractivity contribution in [1.29, 1.82) is 0 Å². The van der Waals surface area contributed by atoms with Crippen LogP contribution < -0.4 is 9.03 Å². The Balaban J connectivity index is 2.35. The molecule has 1 aliphatic rings. The average molecular weight is 285 g/mol. The molecule has 1 heterocycles. The van der Waals surface area contributed by atoms with Gasteiger partial charge in [0.05, 0.1) is 10.6 Å². The Kier molecular flexibility index (Phi) is 3.72. The third-order valence-electron chi connectivity index (χ3n) is 2.96. The second kappa shape index (κ2) is 5.14. The minimum atomic E-state index is -3.62. The number of anilines is 1. The maximum Gasteiger partial charge on any atom is 0.301 e. The monoisotopic (exact) mass is 285 g/mol. The van der Waals surface area contributed by atoms with Crippen LogP contribution in [0.3, 0.4) is 0 Å². The molecular formula is C11H15N3O4S. The molecule has 0 saturated carbocycles. The van der Waals surface area contributed by atoms with E-state index in [1.54, 1.807) is 6.07 Å². The summed E-state index contributed by atoms with van der Waals surface area (Å²) >= 11 is 0. The molecule has 0 fully saturated rings. The van der Waals surface area contributed by atoms with E-state index in [-0.39, 0.29) is 5.69 Å². The quantitative estimate of drug-likeness (QED) is 0.650. The Hall–Kier alpha value is -1.67. The van der Waals surface area contributed by atoms with Crippen LogP contribution in [0.4, 0.5) is 11.4 Å². The number of nitro benzene ring substituents is 1. The van der Waals surface area contributed by atoms with Gasteiger partial charge < -0.3 is 0 Å². The summed E-state index contributed by atoms with van der Waals surface area (Å²) < 4.78 is 27.8. The number of benzene rings is 1. The van der Waals surface area contributed by atoms with Crippen molar-refractivity contribution in [1.82, 2.24) is 4.72 Å². The number of hydrogen-bond donors (Lipinski definition) is 1. The van der Waals surface area contributed by atoms with E-state index in [2.05, 4.69) is 4.72 Å². The molecule has 0 aliphatic carbocycles. The maximum atomic E-state index is 12.1. The van der Waals surface area contributed by atoms with Gasteiger partial charge in [0.25, 0.3) is 5.69 Å². The molecule has 0 radical (unpaired) electrons. The van der Waals surface area contributed by atoms with Crippen LogP contribution in [-0.4, -0.2) is 26.4 Å². The molecule has 1 N–H and O–H groups in total. The largest absolute Gasteiger partial charge is 0.301 e. The normalized spacial score (nSPS) is 14.5. The fourth-order valence-electron chi connectivity index (χ4n) is 2.01. The fourth-order valence-corrected chi connectivity index (χ4v) is 3.39. The zero-order chi connectivity index (χ0) is 14.0. The molecule has 8 heteroatoms. The van der Waals surface area contributed by atoms with Crippen LogP contribution in [0, 0.1) is 10.1 Å². The lowest BCUT2D eigenvalue weighted by Gasteiger charge is -2.19. The van der Waals surface area contributed by atoms with Gasteiger partial charge in [-0.25, -0.2) is 0 Å². The minimum absolute atomic E-state index is 0.101. The van der Waals surface area contributed by atoms with Crippen molar-refractivity contribution >= 4 is 21.6 Å². The smallest absolute Gasteiger partial charge is 0.258 e. The van der Waals surface area contributed by atoms with E-state index in [1.807, 2.05) is 6.92 Å². The molecule has 1 aliphatic heterocycles. The number of nitro groups is 1.